The highest BCUT2D eigenvalue weighted by Gasteiger charge is 2.10. The first-order valence-electron chi connectivity index (χ1n) is 8.41. The van der Waals surface area contributed by atoms with Gasteiger partial charge in [-0.2, -0.15) is 4.99 Å². The Morgan fingerprint density at radius 3 is 2.18 bits per heavy atom. The molecule has 1 amide bonds. The molecule has 0 radical (unpaired) electrons. The van der Waals surface area contributed by atoms with Gasteiger partial charge in [0.1, 0.15) is 12.3 Å². The molecule has 8 nitrogen and oxygen atoms in total. The van der Waals surface area contributed by atoms with Gasteiger partial charge < -0.3 is 14.8 Å². The lowest BCUT2D eigenvalue weighted by Crippen LogP contribution is -2.34. The summed E-state index contributed by atoms with van der Waals surface area (Å²) in [6.07, 6.45) is 1.43. The van der Waals surface area contributed by atoms with Gasteiger partial charge in [-0.3, -0.25) is 14.4 Å². The van der Waals surface area contributed by atoms with E-state index in [9.17, 15) is 19.2 Å². The summed E-state index contributed by atoms with van der Waals surface area (Å²) in [5.74, 6) is -0.796. The molecule has 0 unspecified atom stereocenters. The predicted molar refractivity (Wildman–Crippen MR) is 99.2 cm³/mol. The van der Waals surface area contributed by atoms with E-state index in [1.165, 1.54) is 6.08 Å². The lowest BCUT2D eigenvalue weighted by Gasteiger charge is -2.08. The largest absolute Gasteiger partial charge is 0.484 e. The molecular formula is C20H18N2O6. The summed E-state index contributed by atoms with van der Waals surface area (Å²) in [6, 6.07) is 12.5. The standard InChI is InChI=1S/C20H18N2O6/c1-2-27-19(25)11-21-18(24)12-28-17-9-5-15(6-10-17)20(26)14-3-7-16(8-4-14)22-13-23/h3-10H,2,11-12H2,1H3,(H,21,24). The minimum absolute atomic E-state index is 0.208. The molecule has 0 aliphatic heterocycles. The second-order valence-corrected chi connectivity index (χ2v) is 5.47. The normalized spacial score (nSPS) is 9.75. The van der Waals surface area contributed by atoms with Crippen LogP contribution >= 0.6 is 0 Å². The zero-order valence-electron chi connectivity index (χ0n) is 15.1. The van der Waals surface area contributed by atoms with E-state index in [1.54, 1.807) is 55.5 Å². The van der Waals surface area contributed by atoms with Crippen LogP contribution in [0.1, 0.15) is 22.8 Å². The molecule has 0 heterocycles. The third kappa shape index (κ3) is 6.19. The van der Waals surface area contributed by atoms with Gasteiger partial charge in [0.15, 0.2) is 12.4 Å². The number of ether oxygens (including phenoxy) is 2. The van der Waals surface area contributed by atoms with E-state index < -0.39 is 11.9 Å². The third-order valence-electron chi connectivity index (χ3n) is 3.53. The molecule has 2 rings (SSSR count). The SMILES string of the molecule is CCOC(=O)CNC(=O)COc1ccc(C(=O)c2ccc(N=C=O)cc2)cc1. The molecule has 28 heavy (non-hydrogen) atoms. The van der Waals surface area contributed by atoms with Crippen molar-refractivity contribution in [2.45, 2.75) is 6.92 Å². The van der Waals surface area contributed by atoms with Gasteiger partial charge in [-0.05, 0) is 55.5 Å². The van der Waals surface area contributed by atoms with Crippen molar-refractivity contribution in [2.24, 2.45) is 4.99 Å². The molecule has 0 aliphatic rings. The number of nitrogens with one attached hydrogen (secondary N) is 1. The smallest absolute Gasteiger partial charge is 0.325 e. The van der Waals surface area contributed by atoms with Crippen LogP contribution in [-0.4, -0.2) is 43.5 Å². The van der Waals surface area contributed by atoms with Crippen LogP contribution in [0.5, 0.6) is 5.75 Å². The van der Waals surface area contributed by atoms with Gasteiger partial charge in [-0.25, -0.2) is 4.79 Å². The quantitative estimate of drug-likeness (QED) is 0.307. The Kier molecular flexibility index (Phi) is 7.63. The topological polar surface area (TPSA) is 111 Å². The molecule has 0 aromatic heterocycles. The fraction of sp³-hybridized carbons (Fsp3) is 0.200. The molecule has 2 aromatic rings. The molecule has 0 saturated heterocycles. The molecule has 1 N–H and O–H groups in total. The number of aliphatic imine (C=N–C) groups is 1. The molecule has 144 valence electrons. The number of ketones is 1. The van der Waals surface area contributed by atoms with Crippen LogP contribution < -0.4 is 10.1 Å². The fourth-order valence-corrected chi connectivity index (χ4v) is 2.19. The predicted octanol–water partition coefficient (Wildman–Crippen LogP) is 1.94. The lowest BCUT2D eigenvalue weighted by atomic mass is 10.0. The minimum Gasteiger partial charge on any atom is -0.484 e. The summed E-state index contributed by atoms with van der Waals surface area (Å²) in [7, 11) is 0. The Balaban J connectivity index is 1.88. The molecule has 0 bridgehead atoms. The average molecular weight is 382 g/mol. The summed E-state index contributed by atoms with van der Waals surface area (Å²) in [5.41, 5.74) is 1.29. The first kappa shape index (κ1) is 20.5. The number of hydrogen-bond acceptors (Lipinski definition) is 7. The lowest BCUT2D eigenvalue weighted by molar-refractivity contribution is -0.143. The number of isocyanates is 1. The summed E-state index contributed by atoms with van der Waals surface area (Å²) < 4.78 is 10.0. The molecule has 0 atom stereocenters. The maximum absolute atomic E-state index is 12.4. The van der Waals surface area contributed by atoms with Crippen LogP contribution in [0.4, 0.5) is 5.69 Å². The highest BCUT2D eigenvalue weighted by atomic mass is 16.5. The van der Waals surface area contributed by atoms with E-state index >= 15 is 0 Å². The van der Waals surface area contributed by atoms with Gasteiger partial charge in [0, 0.05) is 11.1 Å². The van der Waals surface area contributed by atoms with Gasteiger partial charge in [0.25, 0.3) is 5.91 Å². The van der Waals surface area contributed by atoms with E-state index in [2.05, 4.69) is 10.3 Å². The van der Waals surface area contributed by atoms with Crippen molar-refractivity contribution in [1.82, 2.24) is 5.32 Å². The molecule has 8 heteroatoms. The van der Waals surface area contributed by atoms with Crippen molar-refractivity contribution in [1.29, 1.82) is 0 Å². The number of carbonyl (C=O) groups is 3. The van der Waals surface area contributed by atoms with E-state index in [0.717, 1.165) is 0 Å². The van der Waals surface area contributed by atoms with Crippen LogP contribution in [0.25, 0.3) is 0 Å². The molecular weight excluding hydrogens is 364 g/mol. The van der Waals surface area contributed by atoms with Crippen molar-refractivity contribution >= 4 is 29.4 Å². The Bertz CT molecular complexity index is 884. The highest BCUT2D eigenvalue weighted by molar-refractivity contribution is 6.09. The first-order chi connectivity index (χ1) is 13.5. The Morgan fingerprint density at radius 1 is 1.00 bits per heavy atom. The second-order valence-electron chi connectivity index (χ2n) is 5.47. The van der Waals surface area contributed by atoms with E-state index in [4.69, 9.17) is 9.47 Å². The number of hydrogen-bond donors (Lipinski definition) is 1. The third-order valence-corrected chi connectivity index (χ3v) is 3.53. The average Bonchev–Trinajstić information content (AvgIpc) is 2.71. The Labute approximate surface area is 161 Å². The molecule has 2 aromatic carbocycles. The van der Waals surface area contributed by atoms with Gasteiger partial charge in [0.2, 0.25) is 6.08 Å². The Hall–Kier alpha value is -3.77. The molecule has 0 saturated carbocycles. The Morgan fingerprint density at radius 2 is 1.61 bits per heavy atom. The molecule has 0 fully saturated rings. The first-order valence-corrected chi connectivity index (χ1v) is 8.41. The monoisotopic (exact) mass is 382 g/mol. The van der Waals surface area contributed by atoms with Gasteiger partial charge in [-0.15, -0.1) is 0 Å². The maximum Gasteiger partial charge on any atom is 0.325 e. The van der Waals surface area contributed by atoms with Crippen LogP contribution in [0.15, 0.2) is 53.5 Å². The van der Waals surface area contributed by atoms with E-state index in [-0.39, 0.29) is 25.5 Å². The number of carbonyl (C=O) groups excluding carboxylic acids is 4. The molecule has 0 aliphatic carbocycles. The van der Waals surface area contributed by atoms with Crippen molar-refractivity contribution in [3.05, 3.63) is 59.7 Å². The van der Waals surface area contributed by atoms with Gasteiger partial charge in [0.05, 0.1) is 12.3 Å². The number of benzene rings is 2. The van der Waals surface area contributed by atoms with Crippen LogP contribution in [0, 0.1) is 0 Å². The second kappa shape index (κ2) is 10.4. The van der Waals surface area contributed by atoms with E-state index in [0.29, 0.717) is 22.6 Å². The van der Waals surface area contributed by atoms with E-state index in [1.807, 2.05) is 0 Å². The van der Waals surface area contributed by atoms with Crippen LogP contribution in [-0.2, 0) is 19.1 Å². The number of nitrogens with zero attached hydrogens (tertiary/aromatic N) is 1. The van der Waals surface area contributed by atoms with Gasteiger partial charge >= 0.3 is 5.97 Å². The fourth-order valence-electron chi connectivity index (χ4n) is 2.19. The zero-order chi connectivity index (χ0) is 20.4. The summed E-state index contributed by atoms with van der Waals surface area (Å²) >= 11 is 0. The van der Waals surface area contributed by atoms with Crippen molar-refractivity contribution in [3.63, 3.8) is 0 Å². The number of amides is 1. The summed E-state index contributed by atoms with van der Waals surface area (Å²) in [5, 5.41) is 2.38. The number of esters is 1. The summed E-state index contributed by atoms with van der Waals surface area (Å²) in [4.78, 5) is 48.9. The highest BCUT2D eigenvalue weighted by Crippen LogP contribution is 2.18. The van der Waals surface area contributed by atoms with Gasteiger partial charge in [-0.1, -0.05) is 0 Å². The zero-order valence-corrected chi connectivity index (χ0v) is 15.1. The summed E-state index contributed by atoms with van der Waals surface area (Å²) in [6.45, 7) is 1.42. The molecule has 0 spiro atoms. The minimum atomic E-state index is -0.523. The van der Waals surface area contributed by atoms with Crippen molar-refractivity contribution in [2.75, 3.05) is 19.8 Å². The van der Waals surface area contributed by atoms with Crippen LogP contribution in [0.3, 0.4) is 0 Å². The maximum atomic E-state index is 12.4. The van der Waals surface area contributed by atoms with Crippen LogP contribution in [0.2, 0.25) is 0 Å². The van der Waals surface area contributed by atoms with Crippen molar-refractivity contribution < 1.29 is 28.7 Å². The number of rotatable bonds is 9. The van der Waals surface area contributed by atoms with Crippen molar-refractivity contribution in [3.8, 4) is 5.75 Å².